The van der Waals surface area contributed by atoms with Gasteiger partial charge in [0.15, 0.2) is 0 Å². The van der Waals surface area contributed by atoms with Gasteiger partial charge in [-0.2, -0.15) is 21.4 Å². The Kier molecular flexibility index (Phi) is 4.33. The molecule has 2 heterocycles. The average molecular weight is 304 g/mol. The van der Waals surface area contributed by atoms with Gasteiger partial charge in [0.1, 0.15) is 12.1 Å². The van der Waals surface area contributed by atoms with E-state index in [0.717, 1.165) is 5.56 Å². The van der Waals surface area contributed by atoms with Crippen molar-refractivity contribution < 1.29 is 4.79 Å². The predicted molar refractivity (Wildman–Crippen MR) is 78.1 cm³/mol. The highest BCUT2D eigenvalue weighted by Gasteiger charge is 2.30. The summed E-state index contributed by atoms with van der Waals surface area (Å²) in [5, 5.41) is 27.6. The number of amides is 1. The highest BCUT2D eigenvalue weighted by Crippen LogP contribution is 2.17. The van der Waals surface area contributed by atoms with Crippen LogP contribution in [0.15, 0.2) is 16.8 Å². The van der Waals surface area contributed by atoms with Gasteiger partial charge in [-0.3, -0.25) is 4.79 Å². The van der Waals surface area contributed by atoms with Crippen LogP contribution in [0.1, 0.15) is 20.8 Å². The third-order valence-corrected chi connectivity index (χ3v) is 3.99. The third-order valence-electron chi connectivity index (χ3n) is 3.30. The number of rotatable bonds is 5. The van der Waals surface area contributed by atoms with E-state index in [0.29, 0.717) is 5.82 Å². The lowest BCUT2D eigenvalue weighted by Crippen LogP contribution is -2.50. The van der Waals surface area contributed by atoms with Crippen LogP contribution in [0.5, 0.6) is 0 Å². The van der Waals surface area contributed by atoms with Crippen LogP contribution in [-0.2, 0) is 11.3 Å². The van der Waals surface area contributed by atoms with Crippen LogP contribution in [0.3, 0.4) is 0 Å². The second-order valence-electron chi connectivity index (χ2n) is 5.17. The summed E-state index contributed by atoms with van der Waals surface area (Å²) < 4.78 is 0. The van der Waals surface area contributed by atoms with Crippen molar-refractivity contribution in [3.8, 4) is 17.5 Å². The number of hydrogen-bond acceptors (Lipinski definition) is 6. The predicted octanol–water partition coefficient (Wildman–Crippen LogP) is 1.46. The van der Waals surface area contributed by atoms with E-state index >= 15 is 0 Å². The molecule has 0 spiro atoms. The fraction of sp³-hybridized carbons (Fsp3) is 0.462. The lowest BCUT2D eigenvalue weighted by molar-refractivity contribution is -0.123. The second kappa shape index (κ2) is 6.01. The quantitative estimate of drug-likeness (QED) is 0.902. The van der Waals surface area contributed by atoms with E-state index in [1.165, 1.54) is 16.1 Å². The molecule has 0 fully saturated rings. The second-order valence-corrected chi connectivity index (χ2v) is 5.95. The third kappa shape index (κ3) is 3.44. The molecular formula is C13H16N6OS. The van der Waals surface area contributed by atoms with Crippen LogP contribution in [-0.4, -0.2) is 31.7 Å². The number of aromatic nitrogens is 4. The summed E-state index contributed by atoms with van der Waals surface area (Å²) in [5.41, 5.74) is -0.0379. The molecule has 0 unspecified atom stereocenters. The van der Waals surface area contributed by atoms with Crippen LogP contribution in [0, 0.1) is 17.2 Å². The normalized spacial score (nSPS) is 13.7. The SMILES string of the molecule is CC(C)[C@](C)(C#N)NC(=O)Cn1nnc(-c2ccsc2)n1. The number of nitriles is 1. The average Bonchev–Trinajstić information content (AvgIpc) is 3.08. The molecule has 1 N–H and O–H groups in total. The number of carbonyl (C=O) groups excluding carboxylic acids is 1. The first-order valence-electron chi connectivity index (χ1n) is 6.47. The Morgan fingerprint density at radius 2 is 2.38 bits per heavy atom. The molecule has 0 aliphatic rings. The Labute approximate surface area is 126 Å². The van der Waals surface area contributed by atoms with Crippen molar-refractivity contribution >= 4 is 17.2 Å². The molecule has 21 heavy (non-hydrogen) atoms. The van der Waals surface area contributed by atoms with Crippen molar-refractivity contribution in [2.45, 2.75) is 32.9 Å². The number of nitrogens with one attached hydrogen (secondary N) is 1. The monoisotopic (exact) mass is 304 g/mol. The lowest BCUT2D eigenvalue weighted by atomic mass is 9.90. The number of nitrogens with zero attached hydrogens (tertiary/aromatic N) is 5. The maximum Gasteiger partial charge on any atom is 0.244 e. The van der Waals surface area contributed by atoms with Crippen LogP contribution in [0.4, 0.5) is 0 Å². The summed E-state index contributed by atoms with van der Waals surface area (Å²) in [6.07, 6.45) is 0. The largest absolute Gasteiger partial charge is 0.336 e. The van der Waals surface area contributed by atoms with Gasteiger partial charge >= 0.3 is 0 Å². The highest BCUT2D eigenvalue weighted by molar-refractivity contribution is 7.08. The maximum absolute atomic E-state index is 12.0. The zero-order chi connectivity index (χ0) is 15.5. The molecular weight excluding hydrogens is 288 g/mol. The summed E-state index contributed by atoms with van der Waals surface area (Å²) in [7, 11) is 0. The van der Waals surface area contributed by atoms with E-state index < -0.39 is 5.54 Å². The zero-order valence-corrected chi connectivity index (χ0v) is 12.9. The molecule has 1 atom stereocenters. The van der Waals surface area contributed by atoms with Gasteiger partial charge in [-0.25, -0.2) is 0 Å². The molecule has 8 heteroatoms. The van der Waals surface area contributed by atoms with Crippen molar-refractivity contribution in [2.75, 3.05) is 0 Å². The molecule has 2 aromatic rings. The van der Waals surface area contributed by atoms with Crippen molar-refractivity contribution in [2.24, 2.45) is 5.92 Å². The molecule has 7 nitrogen and oxygen atoms in total. The van der Waals surface area contributed by atoms with E-state index in [1.54, 1.807) is 6.92 Å². The van der Waals surface area contributed by atoms with Gasteiger partial charge in [0.05, 0.1) is 6.07 Å². The standard InChI is InChI=1S/C13H16N6OS/c1-9(2)13(3,8-14)15-11(20)6-19-17-12(16-18-19)10-4-5-21-7-10/h4-5,7,9H,6H2,1-3H3,(H,15,20)/t13-/m0/s1. The molecule has 110 valence electrons. The minimum atomic E-state index is -0.909. The molecule has 0 bridgehead atoms. The minimum absolute atomic E-state index is 0.00322. The smallest absolute Gasteiger partial charge is 0.244 e. The highest BCUT2D eigenvalue weighted by atomic mass is 32.1. The van der Waals surface area contributed by atoms with Gasteiger partial charge in [0.25, 0.3) is 0 Å². The van der Waals surface area contributed by atoms with Crippen molar-refractivity contribution in [3.05, 3.63) is 16.8 Å². The van der Waals surface area contributed by atoms with Crippen molar-refractivity contribution in [3.63, 3.8) is 0 Å². The van der Waals surface area contributed by atoms with Gasteiger partial charge in [0, 0.05) is 10.9 Å². The summed E-state index contributed by atoms with van der Waals surface area (Å²) in [6, 6.07) is 4.01. The van der Waals surface area contributed by atoms with Gasteiger partial charge < -0.3 is 5.32 Å². The lowest BCUT2D eigenvalue weighted by Gasteiger charge is -2.27. The van der Waals surface area contributed by atoms with Gasteiger partial charge in [-0.15, -0.1) is 10.2 Å². The van der Waals surface area contributed by atoms with Gasteiger partial charge in [0.2, 0.25) is 11.7 Å². The number of hydrogen-bond donors (Lipinski definition) is 1. The molecule has 0 radical (unpaired) electrons. The summed E-state index contributed by atoms with van der Waals surface area (Å²) in [5.74, 6) is 0.162. The van der Waals surface area contributed by atoms with E-state index in [2.05, 4.69) is 26.8 Å². The van der Waals surface area contributed by atoms with Crippen LogP contribution >= 0.6 is 11.3 Å². The van der Waals surface area contributed by atoms with E-state index in [4.69, 9.17) is 0 Å². The molecule has 2 aromatic heterocycles. The first-order chi connectivity index (χ1) is 9.94. The minimum Gasteiger partial charge on any atom is -0.336 e. The summed E-state index contributed by atoms with van der Waals surface area (Å²) in [6.45, 7) is 5.39. The zero-order valence-electron chi connectivity index (χ0n) is 12.1. The topological polar surface area (TPSA) is 96.5 Å². The molecule has 1 amide bonds. The molecule has 0 aromatic carbocycles. The first kappa shape index (κ1) is 15.1. The Morgan fingerprint density at radius 1 is 1.62 bits per heavy atom. The molecule has 0 aliphatic carbocycles. The Morgan fingerprint density at radius 3 is 2.95 bits per heavy atom. The fourth-order valence-corrected chi connectivity index (χ4v) is 2.21. The Bertz CT molecular complexity index is 657. The van der Waals surface area contributed by atoms with Crippen molar-refractivity contribution in [1.29, 1.82) is 5.26 Å². The van der Waals surface area contributed by atoms with Crippen LogP contribution in [0.25, 0.3) is 11.4 Å². The molecule has 0 saturated heterocycles. The van der Waals surface area contributed by atoms with Gasteiger partial charge in [-0.05, 0) is 29.5 Å². The fourth-order valence-electron chi connectivity index (χ4n) is 1.58. The van der Waals surface area contributed by atoms with E-state index in [9.17, 15) is 10.1 Å². The molecule has 0 saturated carbocycles. The first-order valence-corrected chi connectivity index (χ1v) is 7.41. The molecule has 0 aliphatic heterocycles. The van der Waals surface area contributed by atoms with Crippen LogP contribution in [0.2, 0.25) is 0 Å². The summed E-state index contributed by atoms with van der Waals surface area (Å²) in [4.78, 5) is 13.2. The number of tetrazole rings is 1. The van der Waals surface area contributed by atoms with E-state index in [-0.39, 0.29) is 18.4 Å². The van der Waals surface area contributed by atoms with E-state index in [1.807, 2.05) is 30.7 Å². The number of carbonyl (C=O) groups is 1. The summed E-state index contributed by atoms with van der Waals surface area (Å²) >= 11 is 1.54. The van der Waals surface area contributed by atoms with Crippen LogP contribution < -0.4 is 5.32 Å². The Hall–Kier alpha value is -2.27. The maximum atomic E-state index is 12.0. The Balaban J connectivity index is 2.02. The van der Waals surface area contributed by atoms with Gasteiger partial charge in [-0.1, -0.05) is 13.8 Å². The van der Waals surface area contributed by atoms with Crippen molar-refractivity contribution in [1.82, 2.24) is 25.5 Å². The molecule has 2 rings (SSSR count). The number of thiophene rings is 1.